The van der Waals surface area contributed by atoms with E-state index in [-0.39, 0.29) is 5.89 Å². The predicted octanol–water partition coefficient (Wildman–Crippen LogP) is 1.20. The molecular formula is C12H9N5O2. The molecule has 0 unspecified atom stereocenters. The van der Waals surface area contributed by atoms with Crippen LogP contribution in [0.25, 0.3) is 16.7 Å². The molecule has 0 saturated heterocycles. The van der Waals surface area contributed by atoms with Gasteiger partial charge in [0.05, 0.1) is 5.57 Å². The SMILES string of the molecule is O=C/C(=C/Nn1cnnc1)c1nc2ccccc2o1. The van der Waals surface area contributed by atoms with Gasteiger partial charge in [0.15, 0.2) is 11.9 Å². The molecule has 0 atom stereocenters. The summed E-state index contributed by atoms with van der Waals surface area (Å²) < 4.78 is 6.99. The number of aromatic nitrogens is 4. The predicted molar refractivity (Wildman–Crippen MR) is 67.4 cm³/mol. The van der Waals surface area contributed by atoms with E-state index in [1.807, 2.05) is 18.2 Å². The van der Waals surface area contributed by atoms with Crippen LogP contribution in [0.5, 0.6) is 0 Å². The number of fused-ring (bicyclic) bond motifs is 1. The molecular weight excluding hydrogens is 246 g/mol. The van der Waals surface area contributed by atoms with E-state index in [1.165, 1.54) is 23.5 Å². The first-order chi connectivity index (χ1) is 9.36. The molecule has 7 heteroatoms. The molecule has 1 N–H and O–H groups in total. The van der Waals surface area contributed by atoms with Gasteiger partial charge in [-0.1, -0.05) is 12.1 Å². The fraction of sp³-hybridized carbons (Fsp3) is 0. The average molecular weight is 255 g/mol. The number of oxazole rings is 1. The maximum absolute atomic E-state index is 11.1. The van der Waals surface area contributed by atoms with Gasteiger partial charge in [-0.2, -0.15) is 0 Å². The van der Waals surface area contributed by atoms with Crippen LogP contribution in [0.1, 0.15) is 5.89 Å². The lowest BCUT2D eigenvalue weighted by Crippen LogP contribution is -2.06. The number of nitrogens with one attached hydrogen (secondary N) is 1. The Kier molecular flexibility index (Phi) is 2.77. The van der Waals surface area contributed by atoms with Crippen molar-refractivity contribution < 1.29 is 9.21 Å². The first kappa shape index (κ1) is 11.1. The molecule has 0 aliphatic rings. The quantitative estimate of drug-likeness (QED) is 0.557. The van der Waals surface area contributed by atoms with Gasteiger partial charge in [0.1, 0.15) is 18.2 Å². The number of rotatable bonds is 4. The minimum absolute atomic E-state index is 0.261. The summed E-state index contributed by atoms with van der Waals surface area (Å²) in [6.07, 6.45) is 5.07. The highest BCUT2D eigenvalue weighted by Gasteiger charge is 2.09. The number of hydrogen-bond donors (Lipinski definition) is 1. The number of hydrogen-bond acceptors (Lipinski definition) is 6. The Bertz CT molecular complexity index is 697. The van der Waals surface area contributed by atoms with E-state index in [1.54, 1.807) is 6.07 Å². The van der Waals surface area contributed by atoms with Gasteiger partial charge in [-0.25, -0.2) is 9.66 Å². The fourth-order valence-corrected chi connectivity index (χ4v) is 1.55. The summed E-state index contributed by atoms with van der Waals surface area (Å²) in [7, 11) is 0. The highest BCUT2D eigenvalue weighted by atomic mass is 16.3. The summed E-state index contributed by atoms with van der Waals surface area (Å²) >= 11 is 0. The number of aldehydes is 1. The van der Waals surface area contributed by atoms with E-state index < -0.39 is 0 Å². The second-order valence-corrected chi connectivity index (χ2v) is 3.70. The van der Waals surface area contributed by atoms with Crippen LogP contribution in [0.3, 0.4) is 0 Å². The monoisotopic (exact) mass is 255 g/mol. The molecule has 0 aliphatic heterocycles. The first-order valence-electron chi connectivity index (χ1n) is 5.49. The molecule has 0 fully saturated rings. The Morgan fingerprint density at radius 1 is 1.26 bits per heavy atom. The van der Waals surface area contributed by atoms with Gasteiger partial charge in [0, 0.05) is 6.20 Å². The summed E-state index contributed by atoms with van der Waals surface area (Å²) in [6, 6.07) is 7.31. The zero-order valence-corrected chi connectivity index (χ0v) is 9.72. The lowest BCUT2D eigenvalue weighted by atomic mass is 10.3. The second-order valence-electron chi connectivity index (χ2n) is 3.70. The van der Waals surface area contributed by atoms with Crippen molar-refractivity contribution in [2.75, 3.05) is 5.43 Å². The number of benzene rings is 1. The van der Waals surface area contributed by atoms with Gasteiger partial charge in [-0.15, -0.1) is 10.2 Å². The zero-order chi connectivity index (χ0) is 13.1. The maximum Gasteiger partial charge on any atom is 0.232 e. The molecule has 94 valence electrons. The Balaban J connectivity index is 1.93. The molecule has 3 rings (SSSR count). The molecule has 19 heavy (non-hydrogen) atoms. The molecule has 2 aromatic heterocycles. The van der Waals surface area contributed by atoms with E-state index in [0.717, 1.165) is 0 Å². The van der Waals surface area contributed by atoms with Crippen LogP contribution in [0.4, 0.5) is 0 Å². The van der Waals surface area contributed by atoms with Crippen LogP contribution < -0.4 is 5.43 Å². The van der Waals surface area contributed by atoms with E-state index in [9.17, 15) is 4.79 Å². The minimum atomic E-state index is 0.261. The second kappa shape index (κ2) is 4.73. The molecule has 0 aliphatic carbocycles. The highest BCUT2D eigenvalue weighted by Crippen LogP contribution is 2.19. The zero-order valence-electron chi connectivity index (χ0n) is 9.72. The highest BCUT2D eigenvalue weighted by molar-refractivity contribution is 6.05. The fourth-order valence-electron chi connectivity index (χ4n) is 1.55. The Labute approximate surface area is 107 Å². The maximum atomic E-state index is 11.1. The van der Waals surface area contributed by atoms with Crippen LogP contribution in [0, 0.1) is 0 Å². The van der Waals surface area contributed by atoms with Gasteiger partial charge in [0.2, 0.25) is 5.89 Å². The molecule has 0 amide bonds. The molecule has 2 heterocycles. The van der Waals surface area contributed by atoms with E-state index in [2.05, 4.69) is 20.6 Å². The van der Waals surface area contributed by atoms with Crippen molar-refractivity contribution in [1.82, 2.24) is 19.9 Å². The Morgan fingerprint density at radius 3 is 2.79 bits per heavy atom. The van der Waals surface area contributed by atoms with Crippen molar-refractivity contribution in [3.63, 3.8) is 0 Å². The van der Waals surface area contributed by atoms with Gasteiger partial charge in [-0.05, 0) is 12.1 Å². The van der Waals surface area contributed by atoms with Gasteiger partial charge in [0.25, 0.3) is 0 Å². The number of allylic oxidation sites excluding steroid dienone is 1. The van der Waals surface area contributed by atoms with Crippen molar-refractivity contribution in [3.05, 3.63) is 49.0 Å². The lowest BCUT2D eigenvalue weighted by Gasteiger charge is -1.99. The van der Waals surface area contributed by atoms with E-state index in [0.29, 0.717) is 23.0 Å². The minimum Gasteiger partial charge on any atom is -0.436 e. The van der Waals surface area contributed by atoms with Crippen LogP contribution in [-0.4, -0.2) is 26.1 Å². The third-order valence-electron chi connectivity index (χ3n) is 2.46. The number of nitrogens with zero attached hydrogens (tertiary/aromatic N) is 4. The molecule has 0 radical (unpaired) electrons. The van der Waals surface area contributed by atoms with Crippen molar-refractivity contribution in [1.29, 1.82) is 0 Å². The Hall–Kier alpha value is -2.96. The van der Waals surface area contributed by atoms with E-state index in [4.69, 9.17) is 4.42 Å². The van der Waals surface area contributed by atoms with Gasteiger partial charge >= 0.3 is 0 Å². The van der Waals surface area contributed by atoms with Gasteiger partial charge in [-0.3, -0.25) is 10.2 Å². The van der Waals surface area contributed by atoms with Crippen molar-refractivity contribution >= 4 is 23.0 Å². The smallest absolute Gasteiger partial charge is 0.232 e. The summed E-state index contributed by atoms with van der Waals surface area (Å²) in [6.45, 7) is 0. The van der Waals surface area contributed by atoms with Gasteiger partial charge < -0.3 is 4.42 Å². The van der Waals surface area contributed by atoms with Crippen LogP contribution >= 0.6 is 0 Å². The average Bonchev–Trinajstić information content (AvgIpc) is 3.08. The molecule has 7 nitrogen and oxygen atoms in total. The lowest BCUT2D eigenvalue weighted by molar-refractivity contribution is -0.103. The number of carbonyl (C=O) groups excluding carboxylic acids is 1. The molecule has 0 bridgehead atoms. The topological polar surface area (TPSA) is 85.8 Å². The summed E-state index contributed by atoms with van der Waals surface area (Å²) in [5.41, 5.74) is 4.45. The molecule has 1 aromatic carbocycles. The van der Waals surface area contributed by atoms with Crippen LogP contribution in [-0.2, 0) is 4.79 Å². The number of carbonyl (C=O) groups is 1. The normalized spacial score (nSPS) is 11.7. The largest absolute Gasteiger partial charge is 0.436 e. The summed E-state index contributed by atoms with van der Waals surface area (Å²) in [5.74, 6) is 0.261. The van der Waals surface area contributed by atoms with E-state index >= 15 is 0 Å². The summed E-state index contributed by atoms with van der Waals surface area (Å²) in [4.78, 5) is 15.3. The third-order valence-corrected chi connectivity index (χ3v) is 2.46. The third kappa shape index (κ3) is 2.21. The number of para-hydroxylation sites is 2. The van der Waals surface area contributed by atoms with Crippen LogP contribution in [0.15, 0.2) is 47.5 Å². The first-order valence-corrected chi connectivity index (χ1v) is 5.49. The summed E-state index contributed by atoms with van der Waals surface area (Å²) in [5, 5.41) is 7.25. The molecule has 3 aromatic rings. The molecule has 0 saturated carbocycles. The Morgan fingerprint density at radius 2 is 2.05 bits per heavy atom. The van der Waals surface area contributed by atoms with Crippen molar-refractivity contribution in [2.24, 2.45) is 0 Å². The van der Waals surface area contributed by atoms with Crippen LogP contribution in [0.2, 0.25) is 0 Å². The van der Waals surface area contributed by atoms with Crippen molar-refractivity contribution in [3.8, 4) is 0 Å². The standard InChI is InChI=1S/C12H9N5O2/c18-6-9(5-15-17-7-13-14-8-17)12-16-10-3-1-2-4-11(10)19-12/h1-8,15H/b9-5-. The van der Waals surface area contributed by atoms with Crippen molar-refractivity contribution in [2.45, 2.75) is 0 Å². The molecule has 0 spiro atoms.